The molecule has 0 bridgehead atoms. The van der Waals surface area contributed by atoms with Gasteiger partial charge >= 0.3 is 0 Å². The van der Waals surface area contributed by atoms with Crippen LogP contribution in [0.1, 0.15) is 24.4 Å². The van der Waals surface area contributed by atoms with E-state index in [0.29, 0.717) is 0 Å². The van der Waals surface area contributed by atoms with Crippen LogP contribution in [0.5, 0.6) is 0 Å². The number of pyridine rings is 1. The number of hydrogen-bond donors (Lipinski definition) is 1. The fourth-order valence-corrected chi connectivity index (χ4v) is 1.57. The standard InChI is InChI=1S/C12H16N4/c1-10(12-5-3-4-7-13-12)14-9-11-6-8-15-16(11)2/h3-8,10,14H,9H2,1-2H3/t10-/m1/s1. The topological polar surface area (TPSA) is 42.7 Å². The summed E-state index contributed by atoms with van der Waals surface area (Å²) in [7, 11) is 1.95. The SMILES string of the molecule is C[C@@H](NCc1ccnn1C)c1ccccn1. The van der Waals surface area contributed by atoms with E-state index in [4.69, 9.17) is 0 Å². The molecule has 0 saturated heterocycles. The molecule has 0 aromatic carbocycles. The van der Waals surface area contributed by atoms with Gasteiger partial charge in [-0.25, -0.2) is 0 Å². The smallest absolute Gasteiger partial charge is 0.0570 e. The molecule has 0 saturated carbocycles. The second kappa shape index (κ2) is 4.90. The summed E-state index contributed by atoms with van der Waals surface area (Å²) in [4.78, 5) is 4.32. The van der Waals surface area contributed by atoms with Crippen molar-refractivity contribution >= 4 is 0 Å². The van der Waals surface area contributed by atoms with E-state index in [1.54, 1.807) is 0 Å². The summed E-state index contributed by atoms with van der Waals surface area (Å²) < 4.78 is 1.87. The van der Waals surface area contributed by atoms with Crippen molar-refractivity contribution in [2.45, 2.75) is 19.5 Å². The molecule has 16 heavy (non-hydrogen) atoms. The van der Waals surface area contributed by atoms with E-state index in [2.05, 4.69) is 22.3 Å². The summed E-state index contributed by atoms with van der Waals surface area (Å²) in [6.07, 6.45) is 3.63. The van der Waals surface area contributed by atoms with Crippen LogP contribution in [0.3, 0.4) is 0 Å². The maximum absolute atomic E-state index is 4.32. The van der Waals surface area contributed by atoms with Gasteiger partial charge in [-0.05, 0) is 25.1 Å². The first-order valence-corrected chi connectivity index (χ1v) is 5.38. The number of aryl methyl sites for hydroxylation is 1. The average Bonchev–Trinajstić information content (AvgIpc) is 2.73. The predicted octanol–water partition coefficient (Wildman–Crippen LogP) is 1.67. The molecule has 0 aliphatic carbocycles. The summed E-state index contributed by atoms with van der Waals surface area (Å²) in [5.74, 6) is 0. The van der Waals surface area contributed by atoms with Crippen LogP contribution in [-0.4, -0.2) is 14.8 Å². The molecular weight excluding hydrogens is 200 g/mol. The van der Waals surface area contributed by atoms with Crippen LogP contribution in [-0.2, 0) is 13.6 Å². The maximum atomic E-state index is 4.32. The highest BCUT2D eigenvalue weighted by Gasteiger charge is 2.06. The van der Waals surface area contributed by atoms with Crippen molar-refractivity contribution in [2.24, 2.45) is 7.05 Å². The lowest BCUT2D eigenvalue weighted by molar-refractivity contribution is 0.538. The van der Waals surface area contributed by atoms with Crippen molar-refractivity contribution in [3.05, 3.63) is 48.0 Å². The molecular formula is C12H16N4. The van der Waals surface area contributed by atoms with Gasteiger partial charge in [-0.3, -0.25) is 9.67 Å². The second-order valence-corrected chi connectivity index (χ2v) is 3.80. The summed E-state index contributed by atoms with van der Waals surface area (Å²) in [6, 6.07) is 8.22. The molecule has 84 valence electrons. The molecule has 1 atom stereocenters. The van der Waals surface area contributed by atoms with Gasteiger partial charge in [0.05, 0.1) is 11.4 Å². The van der Waals surface area contributed by atoms with Gasteiger partial charge < -0.3 is 5.32 Å². The van der Waals surface area contributed by atoms with Gasteiger partial charge in [-0.2, -0.15) is 5.10 Å². The third-order valence-electron chi connectivity index (χ3n) is 2.64. The Morgan fingerprint density at radius 3 is 2.81 bits per heavy atom. The van der Waals surface area contributed by atoms with Crippen LogP contribution >= 0.6 is 0 Å². The Labute approximate surface area is 95.3 Å². The Morgan fingerprint density at radius 2 is 2.19 bits per heavy atom. The second-order valence-electron chi connectivity index (χ2n) is 3.80. The largest absolute Gasteiger partial charge is 0.303 e. The number of aromatic nitrogens is 3. The fraction of sp³-hybridized carbons (Fsp3) is 0.333. The number of rotatable bonds is 4. The average molecular weight is 216 g/mol. The molecule has 0 unspecified atom stereocenters. The Balaban J connectivity index is 1.94. The highest BCUT2D eigenvalue weighted by molar-refractivity contribution is 5.08. The van der Waals surface area contributed by atoms with Crippen LogP contribution in [0, 0.1) is 0 Å². The molecule has 0 aliphatic rings. The number of hydrogen-bond acceptors (Lipinski definition) is 3. The summed E-state index contributed by atoms with van der Waals surface area (Å²) in [5, 5.41) is 7.55. The Morgan fingerprint density at radius 1 is 1.31 bits per heavy atom. The van der Waals surface area contributed by atoms with Crippen molar-refractivity contribution in [1.82, 2.24) is 20.1 Å². The fourth-order valence-electron chi connectivity index (χ4n) is 1.57. The van der Waals surface area contributed by atoms with Crippen molar-refractivity contribution in [2.75, 3.05) is 0 Å². The molecule has 0 amide bonds. The minimum absolute atomic E-state index is 0.246. The molecule has 0 radical (unpaired) electrons. The molecule has 2 heterocycles. The third-order valence-corrected chi connectivity index (χ3v) is 2.64. The van der Waals surface area contributed by atoms with E-state index in [9.17, 15) is 0 Å². The molecule has 2 aromatic heterocycles. The lowest BCUT2D eigenvalue weighted by Crippen LogP contribution is -2.20. The summed E-state index contributed by atoms with van der Waals surface area (Å²) in [5.41, 5.74) is 2.23. The van der Waals surface area contributed by atoms with Crippen molar-refractivity contribution in [3.63, 3.8) is 0 Å². The van der Waals surface area contributed by atoms with Gasteiger partial charge in [0.15, 0.2) is 0 Å². The lowest BCUT2D eigenvalue weighted by Gasteiger charge is -2.12. The molecule has 0 aliphatic heterocycles. The molecule has 0 fully saturated rings. The van der Waals surface area contributed by atoms with E-state index in [0.717, 1.165) is 12.2 Å². The first kappa shape index (κ1) is 10.8. The third kappa shape index (κ3) is 2.46. The normalized spacial score (nSPS) is 12.6. The Hall–Kier alpha value is -1.68. The highest BCUT2D eigenvalue weighted by atomic mass is 15.3. The highest BCUT2D eigenvalue weighted by Crippen LogP contribution is 2.08. The Bertz CT molecular complexity index is 435. The zero-order chi connectivity index (χ0) is 11.4. The molecule has 4 heteroatoms. The van der Waals surface area contributed by atoms with Gasteiger partial charge in [0.1, 0.15) is 0 Å². The quantitative estimate of drug-likeness (QED) is 0.845. The van der Waals surface area contributed by atoms with E-state index >= 15 is 0 Å². The monoisotopic (exact) mass is 216 g/mol. The van der Waals surface area contributed by atoms with Crippen LogP contribution < -0.4 is 5.32 Å². The van der Waals surface area contributed by atoms with E-state index in [1.165, 1.54) is 5.69 Å². The van der Waals surface area contributed by atoms with Crippen LogP contribution in [0.15, 0.2) is 36.7 Å². The van der Waals surface area contributed by atoms with Gasteiger partial charge in [-0.1, -0.05) is 6.07 Å². The molecule has 2 rings (SSSR count). The zero-order valence-corrected chi connectivity index (χ0v) is 9.59. The number of nitrogens with zero attached hydrogens (tertiary/aromatic N) is 3. The van der Waals surface area contributed by atoms with Gasteiger partial charge in [-0.15, -0.1) is 0 Å². The van der Waals surface area contributed by atoms with Gasteiger partial charge in [0.25, 0.3) is 0 Å². The van der Waals surface area contributed by atoms with E-state index in [-0.39, 0.29) is 6.04 Å². The first-order chi connectivity index (χ1) is 7.77. The predicted molar refractivity (Wildman–Crippen MR) is 62.7 cm³/mol. The van der Waals surface area contributed by atoms with Gasteiger partial charge in [0.2, 0.25) is 0 Å². The number of nitrogens with one attached hydrogen (secondary N) is 1. The summed E-state index contributed by atoms with van der Waals surface area (Å²) >= 11 is 0. The van der Waals surface area contributed by atoms with Crippen LogP contribution in [0.4, 0.5) is 0 Å². The van der Waals surface area contributed by atoms with Crippen molar-refractivity contribution in [1.29, 1.82) is 0 Å². The molecule has 2 aromatic rings. The first-order valence-electron chi connectivity index (χ1n) is 5.38. The summed E-state index contributed by atoms with van der Waals surface area (Å²) in [6.45, 7) is 2.91. The van der Waals surface area contributed by atoms with E-state index in [1.807, 2.05) is 48.4 Å². The van der Waals surface area contributed by atoms with E-state index < -0.39 is 0 Å². The minimum atomic E-state index is 0.246. The lowest BCUT2D eigenvalue weighted by atomic mass is 10.2. The van der Waals surface area contributed by atoms with Crippen LogP contribution in [0.2, 0.25) is 0 Å². The van der Waals surface area contributed by atoms with Crippen LogP contribution in [0.25, 0.3) is 0 Å². The zero-order valence-electron chi connectivity index (χ0n) is 9.59. The maximum Gasteiger partial charge on any atom is 0.0570 e. The molecule has 4 nitrogen and oxygen atoms in total. The minimum Gasteiger partial charge on any atom is -0.303 e. The van der Waals surface area contributed by atoms with Gasteiger partial charge in [0, 0.05) is 32.0 Å². The molecule has 0 spiro atoms. The Kier molecular flexibility index (Phi) is 3.31. The van der Waals surface area contributed by atoms with Crippen molar-refractivity contribution < 1.29 is 0 Å². The van der Waals surface area contributed by atoms with Crippen molar-refractivity contribution in [3.8, 4) is 0 Å². The molecule has 1 N–H and O–H groups in total.